The fourth-order valence-electron chi connectivity index (χ4n) is 1.96. The Morgan fingerprint density at radius 1 is 1.20 bits per heavy atom. The number of urea groups is 1. The molecule has 0 aromatic rings. The standard InChI is InChI=1S/C14H29N3O3/c1-5-8-12(13(18)19)11-15-14(20)17(6-2)10-7-9-16(3)4/h12H,5-11H2,1-4H3,(H,15,20)(H,18,19). The summed E-state index contributed by atoms with van der Waals surface area (Å²) in [6, 6.07) is -0.173. The summed E-state index contributed by atoms with van der Waals surface area (Å²) in [5.41, 5.74) is 0. The highest BCUT2D eigenvalue weighted by atomic mass is 16.4. The zero-order chi connectivity index (χ0) is 15.5. The van der Waals surface area contributed by atoms with Crippen LogP contribution < -0.4 is 5.32 Å². The van der Waals surface area contributed by atoms with E-state index in [1.54, 1.807) is 4.90 Å². The maximum Gasteiger partial charge on any atom is 0.317 e. The summed E-state index contributed by atoms with van der Waals surface area (Å²) in [4.78, 5) is 26.8. The first-order valence-corrected chi connectivity index (χ1v) is 7.32. The molecule has 0 saturated carbocycles. The number of carboxylic acids is 1. The maximum atomic E-state index is 12.0. The molecule has 0 rings (SSSR count). The first kappa shape index (κ1) is 18.7. The van der Waals surface area contributed by atoms with Gasteiger partial charge in [-0.25, -0.2) is 4.79 Å². The van der Waals surface area contributed by atoms with Gasteiger partial charge in [-0.3, -0.25) is 4.79 Å². The van der Waals surface area contributed by atoms with Crippen LogP contribution in [0.1, 0.15) is 33.1 Å². The molecule has 0 fully saturated rings. The molecule has 0 radical (unpaired) electrons. The second-order valence-electron chi connectivity index (χ2n) is 5.25. The lowest BCUT2D eigenvalue weighted by Crippen LogP contribution is -2.43. The molecule has 20 heavy (non-hydrogen) atoms. The van der Waals surface area contributed by atoms with Crippen molar-refractivity contribution < 1.29 is 14.7 Å². The number of nitrogens with zero attached hydrogens (tertiary/aromatic N) is 2. The molecule has 0 bridgehead atoms. The maximum absolute atomic E-state index is 12.0. The summed E-state index contributed by atoms with van der Waals surface area (Å²) < 4.78 is 0. The van der Waals surface area contributed by atoms with E-state index in [2.05, 4.69) is 10.2 Å². The van der Waals surface area contributed by atoms with Crippen LogP contribution in [0.3, 0.4) is 0 Å². The topological polar surface area (TPSA) is 72.9 Å². The summed E-state index contributed by atoms with van der Waals surface area (Å²) in [7, 11) is 4.00. The second-order valence-corrected chi connectivity index (χ2v) is 5.25. The Morgan fingerprint density at radius 3 is 2.30 bits per heavy atom. The molecule has 0 aliphatic heterocycles. The van der Waals surface area contributed by atoms with E-state index in [0.717, 1.165) is 19.4 Å². The molecule has 0 aromatic carbocycles. The molecule has 0 saturated heterocycles. The van der Waals surface area contributed by atoms with Gasteiger partial charge in [-0.2, -0.15) is 0 Å². The van der Waals surface area contributed by atoms with E-state index in [1.165, 1.54) is 0 Å². The number of hydrogen-bond donors (Lipinski definition) is 2. The minimum atomic E-state index is -0.845. The SMILES string of the molecule is CCCC(CNC(=O)N(CC)CCCN(C)C)C(=O)O. The highest BCUT2D eigenvalue weighted by Crippen LogP contribution is 2.05. The smallest absolute Gasteiger partial charge is 0.317 e. The first-order chi connectivity index (χ1) is 9.42. The number of hydrogen-bond acceptors (Lipinski definition) is 3. The van der Waals surface area contributed by atoms with Gasteiger partial charge in [-0.1, -0.05) is 13.3 Å². The van der Waals surface area contributed by atoms with Gasteiger partial charge >= 0.3 is 12.0 Å². The second kappa shape index (κ2) is 10.5. The van der Waals surface area contributed by atoms with Crippen LogP contribution in [-0.4, -0.2) is 67.2 Å². The van der Waals surface area contributed by atoms with Crippen LogP contribution in [0.4, 0.5) is 4.79 Å². The average molecular weight is 287 g/mol. The van der Waals surface area contributed by atoms with Crippen molar-refractivity contribution in [3.63, 3.8) is 0 Å². The molecular formula is C14H29N3O3. The number of carbonyl (C=O) groups excluding carboxylic acids is 1. The minimum Gasteiger partial charge on any atom is -0.481 e. The zero-order valence-electron chi connectivity index (χ0n) is 13.2. The molecule has 6 nitrogen and oxygen atoms in total. The number of amides is 2. The fraction of sp³-hybridized carbons (Fsp3) is 0.857. The normalized spacial score (nSPS) is 12.2. The molecule has 0 heterocycles. The molecule has 0 aliphatic rings. The Balaban J connectivity index is 4.16. The van der Waals surface area contributed by atoms with Crippen molar-refractivity contribution in [2.24, 2.45) is 5.92 Å². The van der Waals surface area contributed by atoms with Crippen molar-refractivity contribution in [3.8, 4) is 0 Å². The number of nitrogens with one attached hydrogen (secondary N) is 1. The van der Waals surface area contributed by atoms with Crippen molar-refractivity contribution in [3.05, 3.63) is 0 Å². The molecule has 118 valence electrons. The summed E-state index contributed by atoms with van der Waals surface area (Å²) in [5.74, 6) is -1.34. The van der Waals surface area contributed by atoms with Crippen LogP contribution in [0.25, 0.3) is 0 Å². The van der Waals surface area contributed by atoms with Gasteiger partial charge < -0.3 is 20.2 Å². The molecule has 1 unspecified atom stereocenters. The predicted molar refractivity (Wildman–Crippen MR) is 79.9 cm³/mol. The van der Waals surface area contributed by atoms with Gasteiger partial charge in [0.25, 0.3) is 0 Å². The third kappa shape index (κ3) is 7.99. The summed E-state index contributed by atoms with van der Waals surface area (Å²) >= 11 is 0. The van der Waals surface area contributed by atoms with E-state index in [1.807, 2.05) is 27.9 Å². The van der Waals surface area contributed by atoms with Gasteiger partial charge in [0.2, 0.25) is 0 Å². The van der Waals surface area contributed by atoms with Crippen LogP contribution in [0.15, 0.2) is 0 Å². The Labute approximate surface area is 122 Å². The highest BCUT2D eigenvalue weighted by molar-refractivity contribution is 5.76. The van der Waals surface area contributed by atoms with Gasteiger partial charge in [0.1, 0.15) is 0 Å². The summed E-state index contributed by atoms with van der Waals surface area (Å²) in [6.07, 6.45) is 2.29. The molecule has 0 aliphatic carbocycles. The van der Waals surface area contributed by atoms with Crippen molar-refractivity contribution >= 4 is 12.0 Å². The van der Waals surface area contributed by atoms with Crippen molar-refractivity contribution in [1.82, 2.24) is 15.1 Å². The Bertz CT molecular complexity index is 295. The molecule has 2 N–H and O–H groups in total. The van der Waals surface area contributed by atoms with Gasteiger partial charge in [0.05, 0.1) is 5.92 Å². The third-order valence-electron chi connectivity index (χ3n) is 3.19. The van der Waals surface area contributed by atoms with E-state index in [4.69, 9.17) is 5.11 Å². The molecule has 0 aromatic heterocycles. The van der Waals surface area contributed by atoms with Crippen LogP contribution in [-0.2, 0) is 4.79 Å². The number of carbonyl (C=O) groups is 2. The van der Waals surface area contributed by atoms with Crippen molar-refractivity contribution in [1.29, 1.82) is 0 Å². The first-order valence-electron chi connectivity index (χ1n) is 7.32. The molecule has 6 heteroatoms. The lowest BCUT2D eigenvalue weighted by molar-refractivity contribution is -0.141. The van der Waals surface area contributed by atoms with Gasteiger partial charge in [0.15, 0.2) is 0 Å². The number of rotatable bonds is 10. The van der Waals surface area contributed by atoms with E-state index in [-0.39, 0.29) is 12.6 Å². The zero-order valence-corrected chi connectivity index (χ0v) is 13.2. The monoisotopic (exact) mass is 287 g/mol. The Kier molecular flexibility index (Phi) is 9.80. The summed E-state index contributed by atoms with van der Waals surface area (Å²) in [5, 5.41) is 11.8. The lowest BCUT2D eigenvalue weighted by Gasteiger charge is -2.23. The van der Waals surface area contributed by atoms with Gasteiger partial charge in [-0.05, 0) is 40.4 Å². The highest BCUT2D eigenvalue weighted by Gasteiger charge is 2.18. The predicted octanol–water partition coefficient (Wildman–Crippen LogP) is 1.47. The number of carboxylic acid groups (broad SMARTS) is 1. The van der Waals surface area contributed by atoms with Crippen LogP contribution in [0.5, 0.6) is 0 Å². The molecule has 2 amide bonds. The van der Waals surface area contributed by atoms with Crippen molar-refractivity contribution in [2.75, 3.05) is 40.3 Å². The van der Waals surface area contributed by atoms with E-state index < -0.39 is 11.9 Å². The van der Waals surface area contributed by atoms with Crippen molar-refractivity contribution in [2.45, 2.75) is 33.1 Å². The van der Waals surface area contributed by atoms with Gasteiger partial charge in [0, 0.05) is 19.6 Å². The summed E-state index contributed by atoms with van der Waals surface area (Å²) in [6.45, 7) is 6.31. The van der Waals surface area contributed by atoms with E-state index in [9.17, 15) is 9.59 Å². The average Bonchev–Trinajstić information content (AvgIpc) is 2.38. The van der Waals surface area contributed by atoms with Gasteiger partial charge in [-0.15, -0.1) is 0 Å². The number of aliphatic carboxylic acids is 1. The Hall–Kier alpha value is -1.30. The molecular weight excluding hydrogens is 258 g/mol. The largest absolute Gasteiger partial charge is 0.481 e. The molecule has 0 spiro atoms. The quantitative estimate of drug-likeness (QED) is 0.638. The van der Waals surface area contributed by atoms with E-state index >= 15 is 0 Å². The van der Waals surface area contributed by atoms with Crippen LogP contribution in [0, 0.1) is 5.92 Å². The lowest BCUT2D eigenvalue weighted by atomic mass is 10.0. The van der Waals surface area contributed by atoms with Crippen LogP contribution in [0.2, 0.25) is 0 Å². The van der Waals surface area contributed by atoms with Crippen LogP contribution >= 0.6 is 0 Å². The Morgan fingerprint density at radius 2 is 1.85 bits per heavy atom. The third-order valence-corrected chi connectivity index (χ3v) is 3.19. The fourth-order valence-corrected chi connectivity index (χ4v) is 1.96. The van der Waals surface area contributed by atoms with E-state index in [0.29, 0.717) is 19.5 Å². The minimum absolute atomic E-state index is 0.173. The molecule has 1 atom stereocenters.